The van der Waals surface area contributed by atoms with Crippen molar-refractivity contribution >= 4 is 0 Å². The van der Waals surface area contributed by atoms with Crippen molar-refractivity contribution in [2.75, 3.05) is 13.2 Å². The van der Waals surface area contributed by atoms with Gasteiger partial charge in [0.2, 0.25) is 0 Å². The zero-order chi connectivity index (χ0) is 50.7. The number of aliphatic hydroxyl groups is 2. The molecule has 0 atom stereocenters. The van der Waals surface area contributed by atoms with Crippen molar-refractivity contribution in [3.05, 3.63) is 156 Å². The number of hydrogen-bond donors (Lipinski definition) is 2. The molecule has 386 valence electrons. The van der Waals surface area contributed by atoms with E-state index in [-0.39, 0.29) is 63.1 Å². The van der Waals surface area contributed by atoms with Gasteiger partial charge in [-0.2, -0.15) is 0 Å². The number of aryl methyl sites for hydroxylation is 2. The third-order valence-electron chi connectivity index (χ3n) is 13.2. The molecule has 6 aromatic rings. The molecule has 0 radical (unpaired) electrons. The predicted molar refractivity (Wildman–Crippen MR) is 310 cm³/mol. The van der Waals surface area contributed by atoms with Crippen LogP contribution in [0, 0.1) is 46.5 Å². The van der Waals surface area contributed by atoms with Crippen molar-refractivity contribution in [2.24, 2.45) is 17.8 Å². The maximum absolute atomic E-state index is 12.4. The van der Waals surface area contributed by atoms with E-state index in [1.807, 2.05) is 0 Å². The summed E-state index contributed by atoms with van der Waals surface area (Å²) >= 11 is 0. The molecule has 0 aromatic heterocycles. The van der Waals surface area contributed by atoms with Gasteiger partial charge in [-0.25, -0.2) is 0 Å². The van der Waals surface area contributed by atoms with Crippen LogP contribution in [0.1, 0.15) is 155 Å². The van der Waals surface area contributed by atoms with Gasteiger partial charge in [0.05, 0.1) is 11.1 Å². The van der Waals surface area contributed by atoms with Gasteiger partial charge in [-0.3, -0.25) is 0 Å². The first-order valence-electron chi connectivity index (χ1n) is 25.8. The summed E-state index contributed by atoms with van der Waals surface area (Å²) in [5.41, 5.74) is 16.9. The Kier molecular flexibility index (Phi) is 21.5. The Labute approximate surface area is 457 Å². The standard InChI is InChI=1S/C65H84O4.2CH3.Zr/c1-40(2)25-45-19-21-59(55(36-45)57-30-43(7)28-53(61(57)66)48-32-46(26-41(3)4)34-51(37-48)64(12,13)14)68-23-18-24-69-60-22-20-50(63(9,10)11)39-56(60)58-31-44(8)29-54(62(58)67)49-33-47(27-42(5)6)35-52(38-49)65(15,16)17;;;/h19-22,28-42,66-67H,18,23-27H2,1-17H3;2*1H3;/q;2*-1;+2/p+2. The van der Waals surface area contributed by atoms with Crippen LogP contribution in [0.25, 0.3) is 44.5 Å². The van der Waals surface area contributed by atoms with E-state index in [1.54, 1.807) is 0 Å². The van der Waals surface area contributed by atoms with Crippen molar-refractivity contribution in [3.63, 3.8) is 0 Å². The maximum Gasteiger partial charge on any atom is 2.00 e. The Morgan fingerprint density at radius 3 is 1.15 bits per heavy atom. The minimum atomic E-state index is -0.0939. The predicted octanol–water partition coefficient (Wildman–Crippen LogP) is 18.3. The van der Waals surface area contributed by atoms with Crippen LogP contribution < -0.4 is 0 Å². The zero-order valence-electron chi connectivity index (χ0n) is 48.0. The van der Waals surface area contributed by atoms with Crippen LogP contribution >= 0.6 is 0 Å². The largest absolute Gasteiger partial charge is 2.00 e. The molecule has 0 aliphatic rings. The molecule has 0 bridgehead atoms. The molecule has 0 aliphatic carbocycles. The molecule has 0 fully saturated rings. The molecule has 4 nitrogen and oxygen atoms in total. The molecule has 5 heteroatoms. The Hall–Kier alpha value is -4.60. The van der Waals surface area contributed by atoms with E-state index in [1.165, 1.54) is 33.4 Å². The monoisotopic (exact) mass is 1050 g/mol. The molecule has 0 aliphatic heterocycles. The van der Waals surface area contributed by atoms with Crippen LogP contribution in [-0.2, 0) is 61.7 Å². The number of hydrogen-bond acceptors (Lipinski definition) is 2. The number of phenolic OH excluding ortho intramolecular Hbond substituents is 2. The molecule has 0 amide bonds. The molecule has 4 N–H and O–H groups in total. The van der Waals surface area contributed by atoms with E-state index >= 15 is 0 Å². The van der Waals surface area contributed by atoms with Crippen LogP contribution in [0.3, 0.4) is 0 Å². The van der Waals surface area contributed by atoms with E-state index in [0.29, 0.717) is 36.7 Å². The average Bonchev–Trinajstić information content (AvgIpc) is 3.23. The van der Waals surface area contributed by atoms with Crippen molar-refractivity contribution in [3.8, 4) is 67.5 Å². The number of aromatic hydroxyl groups is 4. The molecule has 0 unspecified atom stereocenters. The summed E-state index contributed by atoms with van der Waals surface area (Å²) < 4.78 is 10.5. The summed E-state index contributed by atoms with van der Waals surface area (Å²) in [4.78, 5) is 0. The van der Waals surface area contributed by atoms with Crippen LogP contribution in [0.15, 0.2) is 97.1 Å². The third kappa shape index (κ3) is 15.7. The summed E-state index contributed by atoms with van der Waals surface area (Å²) in [6.07, 6.45) is 3.63. The quantitative estimate of drug-likeness (QED) is 0.0576. The van der Waals surface area contributed by atoms with Crippen molar-refractivity contribution in [2.45, 2.75) is 160 Å². The second-order valence-corrected chi connectivity index (χ2v) is 24.5. The molecule has 0 saturated carbocycles. The first-order chi connectivity index (χ1) is 32.2. The number of phenols is 2. The fourth-order valence-electron chi connectivity index (χ4n) is 9.51. The third-order valence-corrected chi connectivity index (χ3v) is 13.2. The summed E-state index contributed by atoms with van der Waals surface area (Å²) in [6, 6.07) is 35.4. The summed E-state index contributed by atoms with van der Waals surface area (Å²) in [5, 5.41) is 24.7. The van der Waals surface area contributed by atoms with E-state index < -0.39 is 0 Å². The molecular formula is C67H92O4Zr+2. The van der Waals surface area contributed by atoms with Gasteiger partial charge in [0.1, 0.15) is 17.9 Å². The smallest absolute Gasteiger partial charge is 0.582 e. The van der Waals surface area contributed by atoms with Gasteiger partial charge in [-0.05, 0) is 171 Å². The second kappa shape index (κ2) is 25.1. The molecule has 6 aromatic carbocycles. The number of rotatable bonds is 16. The molecule has 72 heavy (non-hydrogen) atoms. The van der Waals surface area contributed by atoms with Crippen LogP contribution in [0.5, 0.6) is 23.0 Å². The van der Waals surface area contributed by atoms with Gasteiger partial charge in [0, 0.05) is 34.4 Å². The SMILES string of the molecule is Cc1cc(-c2cc(CC(C)C)cc(C(C)(C)C)c2)c(O)c(-c2cc(CC(C)C)ccc2[OH+]CCC[OH+]c2ccc(C(C)(C)C)cc2-c2cc(C)cc(-c3cc(CC(C)C)cc(C(C)(C)C)c3)c2O)c1.[CH3-].[CH3-].[Zr+2]. The Bertz CT molecular complexity index is 2750. The molecule has 0 heterocycles. The van der Waals surface area contributed by atoms with E-state index in [2.05, 4.69) is 215 Å². The minimum absolute atomic E-state index is 0. The summed E-state index contributed by atoms with van der Waals surface area (Å²) in [6.45, 7) is 39.2. The summed E-state index contributed by atoms with van der Waals surface area (Å²) in [5.74, 6) is 3.84. The van der Waals surface area contributed by atoms with Crippen LogP contribution in [-0.4, -0.2) is 32.9 Å². The fraction of sp³-hybridized carbons (Fsp3) is 0.433. The van der Waals surface area contributed by atoms with E-state index in [9.17, 15) is 10.2 Å². The molecule has 0 spiro atoms. The van der Waals surface area contributed by atoms with Gasteiger partial charge in [0.15, 0.2) is 13.2 Å². The van der Waals surface area contributed by atoms with Crippen LogP contribution in [0.2, 0.25) is 0 Å². The average molecular weight is 1050 g/mol. The van der Waals surface area contributed by atoms with Crippen LogP contribution in [0.4, 0.5) is 0 Å². The summed E-state index contributed by atoms with van der Waals surface area (Å²) in [7, 11) is 0. The normalized spacial score (nSPS) is 11.9. The van der Waals surface area contributed by atoms with Crippen molar-refractivity contribution < 1.29 is 45.9 Å². The number of ether oxygens (including phenoxy) is 2. The van der Waals surface area contributed by atoms with E-state index in [4.69, 9.17) is 9.47 Å². The minimum Gasteiger partial charge on any atom is -0.582 e. The van der Waals surface area contributed by atoms with E-state index in [0.717, 1.165) is 92.8 Å². The maximum atomic E-state index is 12.4. The Balaban J connectivity index is 0.00000456. The fourth-order valence-corrected chi connectivity index (χ4v) is 9.51. The van der Waals surface area contributed by atoms with Gasteiger partial charge in [-0.15, -0.1) is 0 Å². The molecule has 0 saturated heterocycles. The van der Waals surface area contributed by atoms with Gasteiger partial charge in [-0.1, -0.05) is 140 Å². The number of benzene rings is 6. The first kappa shape index (κ1) is 61.7. The second-order valence-electron chi connectivity index (χ2n) is 24.5. The van der Waals surface area contributed by atoms with Gasteiger partial charge < -0.3 is 34.5 Å². The first-order valence-corrected chi connectivity index (χ1v) is 25.8. The molecular weight excluding hydrogens is 960 g/mol. The van der Waals surface area contributed by atoms with Gasteiger partial charge in [0.25, 0.3) is 11.5 Å². The zero-order valence-corrected chi connectivity index (χ0v) is 50.5. The topological polar surface area (TPSA) is 66.1 Å². The molecule has 6 rings (SSSR count). The Morgan fingerprint density at radius 2 is 0.764 bits per heavy atom. The van der Waals surface area contributed by atoms with Crippen molar-refractivity contribution in [1.82, 2.24) is 0 Å². The Morgan fingerprint density at radius 1 is 0.403 bits per heavy atom. The van der Waals surface area contributed by atoms with Crippen molar-refractivity contribution in [1.29, 1.82) is 0 Å². The van der Waals surface area contributed by atoms with Gasteiger partial charge >= 0.3 is 26.2 Å².